The maximum Gasteiger partial charge on any atom is 0.416 e. The van der Waals surface area contributed by atoms with Crippen molar-refractivity contribution in [1.82, 2.24) is 9.21 Å². The van der Waals surface area contributed by atoms with Gasteiger partial charge in [-0.25, -0.2) is 8.42 Å². The van der Waals surface area contributed by atoms with Crippen LogP contribution in [0.3, 0.4) is 0 Å². The van der Waals surface area contributed by atoms with E-state index in [9.17, 15) is 26.4 Å². The Hall–Kier alpha value is -2.79. The molecule has 2 aromatic carbocycles. The Kier molecular flexibility index (Phi) is 6.75. The van der Waals surface area contributed by atoms with Gasteiger partial charge in [-0.1, -0.05) is 12.1 Å². The van der Waals surface area contributed by atoms with Crippen molar-refractivity contribution in [1.29, 1.82) is 0 Å². The standard InChI is InChI=1S/C20H21F3N2O5S/c1-29-17-4-2-3-5-18(17)30-14-19(26)24-10-12-25(13-11-24)31(27,28)16-8-6-15(7-9-16)20(21,22)23/h2-9H,10-14H2,1H3. The number of hydrogen-bond donors (Lipinski definition) is 0. The summed E-state index contributed by atoms with van der Waals surface area (Å²) in [5.41, 5.74) is -0.920. The second-order valence-corrected chi connectivity index (χ2v) is 8.68. The Morgan fingerprint density at radius 1 is 0.968 bits per heavy atom. The number of piperazine rings is 1. The van der Waals surface area contributed by atoms with Crippen LogP contribution in [0.25, 0.3) is 0 Å². The van der Waals surface area contributed by atoms with Gasteiger partial charge < -0.3 is 14.4 Å². The SMILES string of the molecule is COc1ccccc1OCC(=O)N1CCN(S(=O)(=O)c2ccc(C(F)(F)F)cc2)CC1. The first-order valence-corrected chi connectivity index (χ1v) is 10.8. The summed E-state index contributed by atoms with van der Waals surface area (Å²) in [5.74, 6) is 0.599. The van der Waals surface area contributed by atoms with Crippen LogP contribution in [0.15, 0.2) is 53.4 Å². The number of sulfonamides is 1. The number of methoxy groups -OCH3 is 1. The minimum absolute atomic E-state index is 0.0315. The molecule has 0 bridgehead atoms. The molecule has 168 valence electrons. The first kappa shape index (κ1) is 22.9. The van der Waals surface area contributed by atoms with Crippen LogP contribution in [0.2, 0.25) is 0 Å². The van der Waals surface area contributed by atoms with Crippen molar-refractivity contribution in [2.24, 2.45) is 0 Å². The molecule has 7 nitrogen and oxygen atoms in total. The molecule has 1 fully saturated rings. The lowest BCUT2D eigenvalue weighted by atomic mass is 10.2. The zero-order chi connectivity index (χ0) is 22.6. The van der Waals surface area contributed by atoms with Gasteiger partial charge in [0.1, 0.15) is 0 Å². The minimum atomic E-state index is -4.54. The first-order valence-electron chi connectivity index (χ1n) is 9.34. The summed E-state index contributed by atoms with van der Waals surface area (Å²) in [4.78, 5) is 13.7. The minimum Gasteiger partial charge on any atom is -0.493 e. The van der Waals surface area contributed by atoms with Crippen molar-refractivity contribution in [2.75, 3.05) is 39.9 Å². The first-order chi connectivity index (χ1) is 14.6. The number of benzene rings is 2. The third kappa shape index (κ3) is 5.28. The summed E-state index contributed by atoms with van der Waals surface area (Å²) in [5, 5.41) is 0. The largest absolute Gasteiger partial charge is 0.493 e. The number of alkyl halides is 3. The topological polar surface area (TPSA) is 76.2 Å². The number of para-hydroxylation sites is 2. The summed E-state index contributed by atoms with van der Waals surface area (Å²) in [6.07, 6.45) is -4.54. The molecule has 0 N–H and O–H groups in total. The van der Waals surface area contributed by atoms with E-state index in [1.807, 2.05) is 0 Å². The highest BCUT2D eigenvalue weighted by molar-refractivity contribution is 7.89. The predicted molar refractivity (Wildman–Crippen MR) is 105 cm³/mol. The molecule has 31 heavy (non-hydrogen) atoms. The second-order valence-electron chi connectivity index (χ2n) is 6.75. The molecule has 0 atom stereocenters. The van der Waals surface area contributed by atoms with Crippen LogP contribution in [-0.2, 0) is 21.0 Å². The third-order valence-electron chi connectivity index (χ3n) is 4.83. The summed E-state index contributed by atoms with van der Waals surface area (Å²) in [7, 11) is -2.47. The Bertz CT molecular complexity index is 1020. The van der Waals surface area contributed by atoms with Gasteiger partial charge in [-0.15, -0.1) is 0 Å². The van der Waals surface area contributed by atoms with Crippen LogP contribution < -0.4 is 9.47 Å². The smallest absolute Gasteiger partial charge is 0.416 e. The Morgan fingerprint density at radius 2 is 1.55 bits per heavy atom. The molecule has 11 heteroatoms. The number of amides is 1. The van der Waals surface area contributed by atoms with Gasteiger partial charge in [-0.3, -0.25) is 4.79 Å². The molecule has 2 aromatic rings. The van der Waals surface area contributed by atoms with E-state index in [0.717, 1.165) is 28.6 Å². The van der Waals surface area contributed by atoms with Gasteiger partial charge in [0.2, 0.25) is 10.0 Å². The number of hydrogen-bond acceptors (Lipinski definition) is 5. The van der Waals surface area contributed by atoms with Crippen LogP contribution in [0.1, 0.15) is 5.56 Å². The molecule has 3 rings (SSSR count). The van der Waals surface area contributed by atoms with E-state index in [4.69, 9.17) is 9.47 Å². The van der Waals surface area contributed by atoms with E-state index >= 15 is 0 Å². The maximum atomic E-state index is 12.7. The molecular formula is C20H21F3N2O5S. The highest BCUT2D eigenvalue weighted by Crippen LogP contribution is 2.30. The van der Waals surface area contributed by atoms with E-state index in [0.29, 0.717) is 11.5 Å². The number of carbonyl (C=O) groups excluding carboxylic acids is 1. The Balaban J connectivity index is 1.57. The van der Waals surface area contributed by atoms with Crippen molar-refractivity contribution in [3.05, 3.63) is 54.1 Å². The molecular weight excluding hydrogens is 437 g/mol. The molecule has 0 spiro atoms. The van der Waals surface area contributed by atoms with Crippen molar-refractivity contribution >= 4 is 15.9 Å². The summed E-state index contributed by atoms with van der Waals surface area (Å²) >= 11 is 0. The van der Waals surface area contributed by atoms with E-state index in [-0.39, 0.29) is 43.6 Å². The van der Waals surface area contributed by atoms with Crippen molar-refractivity contribution in [3.63, 3.8) is 0 Å². The Labute approximate surface area is 178 Å². The molecule has 0 unspecified atom stereocenters. The lowest BCUT2D eigenvalue weighted by Gasteiger charge is -2.34. The fourth-order valence-electron chi connectivity index (χ4n) is 3.11. The number of rotatable bonds is 6. The average molecular weight is 458 g/mol. The van der Waals surface area contributed by atoms with Crippen LogP contribution in [0.4, 0.5) is 13.2 Å². The zero-order valence-corrected chi connectivity index (χ0v) is 17.4. The number of halogens is 3. The van der Waals surface area contributed by atoms with Crippen LogP contribution >= 0.6 is 0 Å². The molecule has 1 aliphatic heterocycles. The molecule has 0 aromatic heterocycles. The van der Waals surface area contributed by atoms with E-state index in [2.05, 4.69) is 0 Å². The lowest BCUT2D eigenvalue weighted by Crippen LogP contribution is -2.51. The van der Waals surface area contributed by atoms with E-state index < -0.39 is 21.8 Å². The Morgan fingerprint density at radius 3 is 2.10 bits per heavy atom. The summed E-state index contributed by atoms with van der Waals surface area (Å²) < 4.78 is 75.3. The summed E-state index contributed by atoms with van der Waals surface area (Å²) in [6.45, 7) is 0.126. The van der Waals surface area contributed by atoms with Crippen molar-refractivity contribution < 1.29 is 35.9 Å². The van der Waals surface area contributed by atoms with E-state index in [1.165, 1.54) is 12.0 Å². The number of carbonyl (C=O) groups is 1. The quantitative estimate of drug-likeness (QED) is 0.665. The van der Waals surface area contributed by atoms with Gasteiger partial charge in [0.05, 0.1) is 17.6 Å². The van der Waals surface area contributed by atoms with Gasteiger partial charge in [-0.2, -0.15) is 17.5 Å². The van der Waals surface area contributed by atoms with Gasteiger partial charge in [0.25, 0.3) is 5.91 Å². The molecule has 1 saturated heterocycles. The number of ether oxygens (including phenoxy) is 2. The van der Waals surface area contributed by atoms with Crippen LogP contribution in [0.5, 0.6) is 11.5 Å². The normalized spacial score (nSPS) is 15.5. The highest BCUT2D eigenvalue weighted by atomic mass is 32.2. The monoisotopic (exact) mass is 458 g/mol. The van der Waals surface area contributed by atoms with Gasteiger partial charge in [-0.05, 0) is 36.4 Å². The molecule has 0 aliphatic carbocycles. The van der Waals surface area contributed by atoms with Crippen molar-refractivity contribution in [2.45, 2.75) is 11.1 Å². The fourth-order valence-corrected chi connectivity index (χ4v) is 4.53. The molecule has 1 heterocycles. The van der Waals surface area contributed by atoms with E-state index in [1.54, 1.807) is 24.3 Å². The lowest BCUT2D eigenvalue weighted by molar-refractivity contribution is -0.137. The van der Waals surface area contributed by atoms with Crippen LogP contribution in [0, 0.1) is 0 Å². The van der Waals surface area contributed by atoms with Gasteiger partial charge in [0, 0.05) is 26.2 Å². The predicted octanol–water partition coefficient (Wildman–Crippen LogP) is 2.63. The third-order valence-corrected chi connectivity index (χ3v) is 6.74. The highest BCUT2D eigenvalue weighted by Gasteiger charge is 2.33. The van der Waals surface area contributed by atoms with Gasteiger partial charge in [0.15, 0.2) is 18.1 Å². The summed E-state index contributed by atoms with van der Waals surface area (Å²) in [6, 6.07) is 10.2. The van der Waals surface area contributed by atoms with Gasteiger partial charge >= 0.3 is 6.18 Å². The van der Waals surface area contributed by atoms with Crippen molar-refractivity contribution in [3.8, 4) is 11.5 Å². The fraction of sp³-hybridized carbons (Fsp3) is 0.350. The zero-order valence-electron chi connectivity index (χ0n) is 16.6. The average Bonchev–Trinajstić information content (AvgIpc) is 2.77. The maximum absolute atomic E-state index is 12.7. The second kappa shape index (κ2) is 9.15. The molecule has 0 saturated carbocycles. The van der Waals surface area contributed by atoms with Crippen LogP contribution in [-0.4, -0.2) is 63.4 Å². The number of nitrogens with zero attached hydrogens (tertiary/aromatic N) is 2. The molecule has 1 aliphatic rings. The molecule has 0 radical (unpaired) electrons. The molecule has 1 amide bonds.